The summed E-state index contributed by atoms with van der Waals surface area (Å²) in [6.45, 7) is 1.000. The first-order chi connectivity index (χ1) is 13.5. The average molecular weight is 435 g/mol. The number of phenolic OH excluding ortho intramolecular Hbond substituents is 1. The Balaban J connectivity index is 1.38. The third-order valence-corrected chi connectivity index (χ3v) is 6.77. The molecule has 28 heavy (non-hydrogen) atoms. The number of carbonyl (C=O) groups is 2. The van der Waals surface area contributed by atoms with E-state index < -0.39 is 0 Å². The van der Waals surface area contributed by atoms with Gasteiger partial charge in [0.15, 0.2) is 0 Å². The molecule has 2 N–H and O–H groups in total. The Labute approximate surface area is 178 Å². The van der Waals surface area contributed by atoms with Crippen molar-refractivity contribution in [1.29, 1.82) is 0 Å². The third-order valence-electron chi connectivity index (χ3n) is 4.34. The number of nitrogens with zero attached hydrogens (tertiary/aromatic N) is 1. The quantitative estimate of drug-likeness (QED) is 0.481. The van der Waals surface area contributed by atoms with Crippen molar-refractivity contribution in [3.63, 3.8) is 0 Å². The maximum atomic E-state index is 12.5. The first-order valence-corrected chi connectivity index (χ1v) is 11.4. The van der Waals surface area contributed by atoms with Crippen molar-refractivity contribution in [2.45, 2.75) is 25.7 Å². The summed E-state index contributed by atoms with van der Waals surface area (Å²) < 4.78 is 0.563. The average Bonchev–Trinajstić information content (AvgIpc) is 3.27. The van der Waals surface area contributed by atoms with Crippen LogP contribution in [-0.4, -0.2) is 45.0 Å². The maximum absolute atomic E-state index is 12.5. The van der Waals surface area contributed by atoms with E-state index in [1.54, 1.807) is 28.8 Å². The summed E-state index contributed by atoms with van der Waals surface area (Å²) in [4.78, 5) is 27.9. The molecule has 0 bridgehead atoms. The smallest absolute Gasteiger partial charge is 0.266 e. The van der Waals surface area contributed by atoms with Crippen LogP contribution in [0.5, 0.6) is 5.75 Å². The standard InChI is InChI=1S/C20H22N2O3S3/c23-15-7-5-14(6-8-15)9-10-21-18(24)4-1-11-22-19(25)17(28-20(22)26)13-16-3-2-12-27-16/h3,5-8,13,23H,1-2,4,9-12H2,(H,21,24)/b17-13-. The molecule has 2 amide bonds. The van der Waals surface area contributed by atoms with E-state index in [2.05, 4.69) is 11.4 Å². The van der Waals surface area contributed by atoms with Crippen LogP contribution in [0.3, 0.4) is 0 Å². The predicted molar refractivity (Wildman–Crippen MR) is 119 cm³/mol. The van der Waals surface area contributed by atoms with Gasteiger partial charge in [-0.2, -0.15) is 0 Å². The Morgan fingerprint density at radius 3 is 2.82 bits per heavy atom. The molecule has 1 aromatic rings. The molecule has 8 heteroatoms. The summed E-state index contributed by atoms with van der Waals surface area (Å²) in [6, 6.07) is 6.94. The lowest BCUT2D eigenvalue weighted by atomic mass is 10.1. The van der Waals surface area contributed by atoms with Gasteiger partial charge in [0.2, 0.25) is 5.91 Å². The normalized spacial score (nSPS) is 18.1. The van der Waals surface area contributed by atoms with Crippen LogP contribution in [0.4, 0.5) is 0 Å². The molecule has 2 aliphatic heterocycles. The van der Waals surface area contributed by atoms with E-state index >= 15 is 0 Å². The largest absolute Gasteiger partial charge is 0.508 e. The number of rotatable bonds is 8. The molecular weight excluding hydrogens is 412 g/mol. The summed E-state index contributed by atoms with van der Waals surface area (Å²) in [5.41, 5.74) is 1.05. The van der Waals surface area contributed by atoms with E-state index in [0.717, 1.165) is 22.6 Å². The Bertz CT molecular complexity index is 818. The van der Waals surface area contributed by atoms with Crippen molar-refractivity contribution >= 4 is 51.9 Å². The van der Waals surface area contributed by atoms with E-state index in [9.17, 15) is 14.7 Å². The van der Waals surface area contributed by atoms with Gasteiger partial charge in [0, 0.05) is 30.2 Å². The number of allylic oxidation sites excluding steroid dienone is 2. The molecule has 0 saturated carbocycles. The number of nitrogens with one attached hydrogen (secondary N) is 1. The van der Waals surface area contributed by atoms with Gasteiger partial charge >= 0.3 is 0 Å². The van der Waals surface area contributed by atoms with Crippen LogP contribution in [0.1, 0.15) is 24.8 Å². The molecule has 5 nitrogen and oxygen atoms in total. The van der Waals surface area contributed by atoms with Crippen molar-refractivity contribution in [2.24, 2.45) is 0 Å². The SMILES string of the molecule is O=C(CCCN1C(=O)/C(=C/C2=CCCS2)SC1=S)NCCc1ccc(O)cc1. The molecule has 2 heterocycles. The van der Waals surface area contributed by atoms with Gasteiger partial charge in [-0.3, -0.25) is 14.5 Å². The molecule has 1 fully saturated rings. The van der Waals surface area contributed by atoms with Crippen LogP contribution in [-0.2, 0) is 16.0 Å². The Hall–Kier alpha value is -1.77. The maximum Gasteiger partial charge on any atom is 0.266 e. The van der Waals surface area contributed by atoms with Crippen molar-refractivity contribution in [3.05, 3.63) is 51.8 Å². The fourth-order valence-corrected chi connectivity index (χ4v) is 5.14. The number of thioether (sulfide) groups is 2. The minimum Gasteiger partial charge on any atom is -0.508 e. The number of amides is 2. The first kappa shape index (κ1) is 21.0. The second-order valence-corrected chi connectivity index (χ2v) is 9.29. The topological polar surface area (TPSA) is 69.6 Å². The van der Waals surface area contributed by atoms with Crippen molar-refractivity contribution < 1.29 is 14.7 Å². The highest BCUT2D eigenvalue weighted by Crippen LogP contribution is 2.35. The molecule has 148 valence electrons. The molecule has 0 unspecified atom stereocenters. The zero-order chi connectivity index (χ0) is 19.9. The number of benzene rings is 1. The molecule has 0 radical (unpaired) electrons. The Morgan fingerprint density at radius 1 is 1.32 bits per heavy atom. The van der Waals surface area contributed by atoms with Crippen LogP contribution in [0.25, 0.3) is 0 Å². The predicted octanol–water partition coefficient (Wildman–Crippen LogP) is 3.60. The second-order valence-electron chi connectivity index (χ2n) is 6.45. The van der Waals surface area contributed by atoms with Gasteiger partial charge in [-0.05, 0) is 43.0 Å². The molecule has 0 aliphatic carbocycles. The zero-order valence-electron chi connectivity index (χ0n) is 15.3. The summed E-state index contributed by atoms with van der Waals surface area (Å²) in [6.07, 6.45) is 6.74. The number of hydrogen-bond donors (Lipinski definition) is 2. The number of phenols is 1. The fraction of sp³-hybridized carbons (Fsp3) is 0.350. The minimum atomic E-state index is -0.0591. The van der Waals surface area contributed by atoms with Crippen LogP contribution >= 0.6 is 35.7 Å². The third kappa shape index (κ3) is 5.86. The van der Waals surface area contributed by atoms with Crippen LogP contribution < -0.4 is 5.32 Å². The summed E-state index contributed by atoms with van der Waals surface area (Å²) >= 11 is 8.42. The van der Waals surface area contributed by atoms with Gasteiger partial charge in [-0.1, -0.05) is 42.2 Å². The van der Waals surface area contributed by atoms with Gasteiger partial charge in [-0.15, -0.1) is 11.8 Å². The van der Waals surface area contributed by atoms with Gasteiger partial charge in [0.05, 0.1) is 4.91 Å². The van der Waals surface area contributed by atoms with Crippen LogP contribution in [0.2, 0.25) is 0 Å². The van der Waals surface area contributed by atoms with E-state index in [-0.39, 0.29) is 17.6 Å². The summed E-state index contributed by atoms with van der Waals surface area (Å²) in [5.74, 6) is 1.20. The zero-order valence-corrected chi connectivity index (χ0v) is 17.8. The summed E-state index contributed by atoms with van der Waals surface area (Å²) in [7, 11) is 0. The number of aromatic hydroxyl groups is 1. The van der Waals surface area contributed by atoms with Gasteiger partial charge in [0.1, 0.15) is 10.1 Å². The lowest BCUT2D eigenvalue weighted by Crippen LogP contribution is -2.31. The fourth-order valence-electron chi connectivity index (χ4n) is 2.85. The molecule has 0 aromatic heterocycles. The Morgan fingerprint density at radius 2 is 2.11 bits per heavy atom. The summed E-state index contributed by atoms with van der Waals surface area (Å²) in [5, 5.41) is 12.2. The highest BCUT2D eigenvalue weighted by atomic mass is 32.2. The lowest BCUT2D eigenvalue weighted by molar-refractivity contribution is -0.124. The monoisotopic (exact) mass is 434 g/mol. The molecule has 0 spiro atoms. The van der Waals surface area contributed by atoms with E-state index in [4.69, 9.17) is 12.2 Å². The highest BCUT2D eigenvalue weighted by Gasteiger charge is 2.31. The first-order valence-electron chi connectivity index (χ1n) is 9.16. The number of hydrogen-bond acceptors (Lipinski definition) is 6. The Kier molecular flexibility index (Phi) is 7.58. The van der Waals surface area contributed by atoms with Crippen molar-refractivity contribution in [2.75, 3.05) is 18.8 Å². The molecule has 1 aromatic carbocycles. The molecule has 1 saturated heterocycles. The lowest BCUT2D eigenvalue weighted by Gasteiger charge is -2.14. The number of carbonyl (C=O) groups excluding carboxylic acids is 2. The molecular formula is C20H22N2O3S3. The van der Waals surface area contributed by atoms with Crippen molar-refractivity contribution in [3.8, 4) is 5.75 Å². The second kappa shape index (κ2) is 10.1. The van der Waals surface area contributed by atoms with Gasteiger partial charge in [0.25, 0.3) is 5.91 Å². The molecule has 3 rings (SSSR count). The molecule has 0 atom stereocenters. The van der Waals surface area contributed by atoms with E-state index in [1.165, 1.54) is 11.8 Å². The van der Waals surface area contributed by atoms with E-state index in [0.29, 0.717) is 41.6 Å². The molecule has 2 aliphatic rings. The van der Waals surface area contributed by atoms with E-state index in [1.807, 2.05) is 18.2 Å². The van der Waals surface area contributed by atoms with Crippen LogP contribution in [0.15, 0.2) is 46.2 Å². The highest BCUT2D eigenvalue weighted by molar-refractivity contribution is 8.26. The van der Waals surface area contributed by atoms with Gasteiger partial charge < -0.3 is 10.4 Å². The number of thiocarbonyl (C=S) groups is 1. The van der Waals surface area contributed by atoms with Crippen molar-refractivity contribution in [1.82, 2.24) is 10.2 Å². The minimum absolute atomic E-state index is 0.0349. The van der Waals surface area contributed by atoms with Crippen LogP contribution in [0, 0.1) is 0 Å². The van der Waals surface area contributed by atoms with Gasteiger partial charge in [-0.25, -0.2) is 0 Å².